The van der Waals surface area contributed by atoms with Crippen LogP contribution in [0.4, 0.5) is 4.39 Å². The third-order valence-electron chi connectivity index (χ3n) is 3.65. The second-order valence-corrected chi connectivity index (χ2v) is 6.19. The molecule has 1 heterocycles. The molecule has 2 rings (SSSR count). The van der Waals surface area contributed by atoms with E-state index in [1.165, 1.54) is 0 Å². The van der Waals surface area contributed by atoms with Crippen molar-refractivity contribution >= 4 is 16.5 Å². The van der Waals surface area contributed by atoms with Gasteiger partial charge >= 0.3 is 0 Å². The van der Waals surface area contributed by atoms with Crippen molar-refractivity contribution in [1.29, 1.82) is 0 Å². The summed E-state index contributed by atoms with van der Waals surface area (Å²) in [5.41, 5.74) is 2.56. The molecule has 138 valence electrons. The van der Waals surface area contributed by atoms with Crippen LogP contribution in [0, 0.1) is 0 Å². The number of hydrogen-bond donors (Lipinski definition) is 1. The molecule has 1 unspecified atom stereocenters. The fourth-order valence-electron chi connectivity index (χ4n) is 2.33. The lowest BCUT2D eigenvalue weighted by Crippen LogP contribution is -2.19. The number of aromatic nitrogens is 1. The molecule has 2 aromatic rings. The lowest BCUT2D eigenvalue weighted by molar-refractivity contribution is 0.0842. The molecular weight excluding hydrogens is 331 g/mol. The summed E-state index contributed by atoms with van der Waals surface area (Å²) in [7, 11) is 4.02. The van der Waals surface area contributed by atoms with Gasteiger partial charge in [-0.25, -0.2) is 9.37 Å². The van der Waals surface area contributed by atoms with Crippen LogP contribution in [0.3, 0.4) is 0 Å². The number of benzene rings is 1. The highest BCUT2D eigenvalue weighted by molar-refractivity contribution is 5.84. The second-order valence-electron chi connectivity index (χ2n) is 6.19. The largest absolute Gasteiger partial charge is 0.491 e. The molecule has 4 nitrogen and oxygen atoms in total. The summed E-state index contributed by atoms with van der Waals surface area (Å²) in [6.07, 6.45) is 6.62. The molecule has 1 aromatic carbocycles. The number of alkyl halides is 1. The minimum atomic E-state index is -1.12. The van der Waals surface area contributed by atoms with Gasteiger partial charge in [0.2, 0.25) is 0 Å². The molecule has 0 saturated carbocycles. The molecule has 0 fully saturated rings. The van der Waals surface area contributed by atoms with E-state index >= 15 is 0 Å². The highest BCUT2D eigenvalue weighted by Gasteiger charge is 2.06. The first-order chi connectivity index (χ1) is 12.5. The summed E-state index contributed by atoms with van der Waals surface area (Å²) < 4.78 is 17.8. The van der Waals surface area contributed by atoms with Crippen LogP contribution in [-0.2, 0) is 0 Å². The average Bonchev–Trinajstić information content (AvgIpc) is 2.64. The van der Waals surface area contributed by atoms with Gasteiger partial charge in [-0.2, -0.15) is 0 Å². The zero-order valence-corrected chi connectivity index (χ0v) is 15.2. The van der Waals surface area contributed by atoms with Crippen molar-refractivity contribution in [2.75, 3.05) is 33.9 Å². The number of pyridine rings is 1. The first-order valence-corrected chi connectivity index (χ1v) is 8.45. The average molecular weight is 356 g/mol. The van der Waals surface area contributed by atoms with E-state index in [2.05, 4.69) is 17.6 Å². The number of likely N-dealkylation sites (N-methyl/N-ethyl adjacent to an activating group) is 1. The molecule has 0 spiro atoms. The first-order valence-electron chi connectivity index (χ1n) is 8.45. The lowest BCUT2D eigenvalue weighted by Gasteiger charge is -2.10. The van der Waals surface area contributed by atoms with Crippen molar-refractivity contribution in [3.05, 3.63) is 66.9 Å². The Labute approximate surface area is 153 Å². The van der Waals surface area contributed by atoms with Crippen molar-refractivity contribution in [1.82, 2.24) is 9.88 Å². The number of aliphatic hydroxyl groups is 1. The van der Waals surface area contributed by atoms with E-state index in [4.69, 9.17) is 9.72 Å². The minimum Gasteiger partial charge on any atom is -0.491 e. The smallest absolute Gasteiger partial charge is 0.121 e. The normalized spacial score (nSPS) is 13.5. The zero-order valence-electron chi connectivity index (χ0n) is 15.2. The van der Waals surface area contributed by atoms with Crippen LogP contribution in [0.15, 0.2) is 61.2 Å². The van der Waals surface area contributed by atoms with Gasteiger partial charge in [0.1, 0.15) is 25.1 Å². The molecule has 0 bridgehead atoms. The molecule has 0 aliphatic carbocycles. The Morgan fingerprint density at radius 3 is 2.81 bits per heavy atom. The number of aliphatic hydroxyl groups excluding tert-OH is 1. The molecule has 1 N–H and O–H groups in total. The van der Waals surface area contributed by atoms with Crippen molar-refractivity contribution in [3.63, 3.8) is 0 Å². The fraction of sp³-hybridized carbons (Fsp3) is 0.286. The van der Waals surface area contributed by atoms with Gasteiger partial charge in [-0.1, -0.05) is 36.9 Å². The topological polar surface area (TPSA) is 45.6 Å². The Balaban J connectivity index is 2.28. The standard InChI is InChI=1S/C21H25FN2O2/c1-4-6-16(7-5-12-24(2)3)20-11-9-17-8-10-19(13-21(17)23-20)26-15-18(25)14-22/h4-11,13,18,25H,1,12,14-15H2,2-3H3/b7-5-,16-6+. The summed E-state index contributed by atoms with van der Waals surface area (Å²) in [5.74, 6) is 0.548. The van der Waals surface area contributed by atoms with Crippen LogP contribution in [0.5, 0.6) is 5.75 Å². The second kappa shape index (κ2) is 9.85. The molecule has 1 atom stereocenters. The van der Waals surface area contributed by atoms with E-state index in [-0.39, 0.29) is 6.61 Å². The molecule has 0 saturated heterocycles. The maximum Gasteiger partial charge on any atom is 0.121 e. The lowest BCUT2D eigenvalue weighted by atomic mass is 10.1. The predicted octanol–water partition coefficient (Wildman–Crippen LogP) is 3.63. The Morgan fingerprint density at radius 2 is 2.12 bits per heavy atom. The summed E-state index contributed by atoms with van der Waals surface area (Å²) >= 11 is 0. The maximum atomic E-state index is 12.3. The molecule has 26 heavy (non-hydrogen) atoms. The van der Waals surface area contributed by atoms with E-state index < -0.39 is 12.8 Å². The van der Waals surface area contributed by atoms with E-state index in [9.17, 15) is 9.50 Å². The molecule has 1 aromatic heterocycles. The van der Waals surface area contributed by atoms with E-state index in [1.807, 2.05) is 44.4 Å². The Kier molecular flexibility index (Phi) is 7.51. The maximum absolute atomic E-state index is 12.3. The highest BCUT2D eigenvalue weighted by atomic mass is 19.1. The number of ether oxygens (including phenoxy) is 1. The zero-order chi connectivity index (χ0) is 18.9. The quantitative estimate of drug-likeness (QED) is 0.697. The Bertz CT molecular complexity index is 800. The van der Waals surface area contributed by atoms with Gasteiger partial charge in [-0.15, -0.1) is 0 Å². The van der Waals surface area contributed by atoms with Crippen LogP contribution in [0.2, 0.25) is 0 Å². The number of nitrogens with zero attached hydrogens (tertiary/aromatic N) is 2. The summed E-state index contributed by atoms with van der Waals surface area (Å²) in [5, 5.41) is 10.3. The Morgan fingerprint density at radius 1 is 1.35 bits per heavy atom. The number of allylic oxidation sites excluding steroid dienone is 4. The molecule has 0 amide bonds. The number of halogens is 1. The van der Waals surface area contributed by atoms with Crippen LogP contribution >= 0.6 is 0 Å². The summed E-state index contributed by atoms with van der Waals surface area (Å²) in [4.78, 5) is 6.78. The molecular formula is C21H25FN2O2. The molecule has 0 radical (unpaired) electrons. The van der Waals surface area contributed by atoms with Gasteiger partial charge in [0.25, 0.3) is 0 Å². The molecule has 0 aliphatic heterocycles. The van der Waals surface area contributed by atoms with E-state index in [1.54, 1.807) is 18.2 Å². The predicted molar refractivity (Wildman–Crippen MR) is 105 cm³/mol. The third kappa shape index (κ3) is 5.79. The minimum absolute atomic E-state index is 0.0867. The summed E-state index contributed by atoms with van der Waals surface area (Å²) in [6.45, 7) is 3.69. The van der Waals surface area contributed by atoms with Gasteiger partial charge in [0.05, 0.1) is 11.2 Å². The van der Waals surface area contributed by atoms with Crippen molar-refractivity contribution in [2.24, 2.45) is 0 Å². The monoisotopic (exact) mass is 356 g/mol. The SMILES string of the molecule is C=C/C=C(\C=C/CN(C)C)c1ccc2ccc(OCC(O)CF)cc2n1. The third-order valence-corrected chi connectivity index (χ3v) is 3.65. The summed E-state index contributed by atoms with van der Waals surface area (Å²) in [6, 6.07) is 9.42. The van der Waals surface area contributed by atoms with Gasteiger partial charge < -0.3 is 14.7 Å². The van der Waals surface area contributed by atoms with Gasteiger partial charge in [-0.05, 0) is 37.9 Å². The fourth-order valence-corrected chi connectivity index (χ4v) is 2.33. The van der Waals surface area contributed by atoms with Crippen molar-refractivity contribution in [2.45, 2.75) is 6.10 Å². The van der Waals surface area contributed by atoms with E-state index in [0.717, 1.165) is 28.7 Å². The highest BCUT2D eigenvalue weighted by Crippen LogP contribution is 2.23. The van der Waals surface area contributed by atoms with Gasteiger partial charge in [0, 0.05) is 18.0 Å². The molecule has 5 heteroatoms. The van der Waals surface area contributed by atoms with Gasteiger partial charge in [0.15, 0.2) is 0 Å². The number of hydrogen-bond acceptors (Lipinski definition) is 4. The van der Waals surface area contributed by atoms with Crippen LogP contribution in [0.25, 0.3) is 16.5 Å². The molecule has 0 aliphatic rings. The van der Waals surface area contributed by atoms with Crippen molar-refractivity contribution in [3.8, 4) is 5.75 Å². The van der Waals surface area contributed by atoms with Gasteiger partial charge in [-0.3, -0.25) is 0 Å². The first kappa shape index (κ1) is 19.8. The van der Waals surface area contributed by atoms with Crippen LogP contribution in [0.1, 0.15) is 5.69 Å². The van der Waals surface area contributed by atoms with Crippen molar-refractivity contribution < 1.29 is 14.2 Å². The number of rotatable bonds is 9. The van der Waals surface area contributed by atoms with Crippen LogP contribution in [-0.4, -0.2) is 55.0 Å². The van der Waals surface area contributed by atoms with Crippen LogP contribution < -0.4 is 4.74 Å². The number of fused-ring (bicyclic) bond motifs is 1. The Hall–Kier alpha value is -2.50. The van der Waals surface area contributed by atoms with E-state index in [0.29, 0.717) is 5.75 Å².